The van der Waals surface area contributed by atoms with E-state index in [-0.39, 0.29) is 18.1 Å². The Morgan fingerprint density at radius 3 is 2.75 bits per heavy atom. The molecule has 4 heteroatoms. The molecule has 1 amide bonds. The van der Waals surface area contributed by atoms with Crippen molar-refractivity contribution in [2.75, 3.05) is 20.3 Å². The van der Waals surface area contributed by atoms with Gasteiger partial charge in [0.15, 0.2) is 0 Å². The lowest BCUT2D eigenvalue weighted by molar-refractivity contribution is -0.130. The molecule has 0 saturated carbocycles. The summed E-state index contributed by atoms with van der Waals surface area (Å²) in [5.41, 5.74) is 0. The van der Waals surface area contributed by atoms with Crippen molar-refractivity contribution in [1.29, 1.82) is 0 Å². The Kier molecular flexibility index (Phi) is 5.77. The number of rotatable bonds is 7. The van der Waals surface area contributed by atoms with Crippen LogP contribution < -0.4 is 5.32 Å². The first-order chi connectivity index (χ1) is 7.74. The molecule has 1 rings (SSSR count). The van der Waals surface area contributed by atoms with E-state index in [1.165, 1.54) is 0 Å². The van der Waals surface area contributed by atoms with Crippen LogP contribution in [0.3, 0.4) is 0 Å². The Bertz CT molecular complexity index is 221. The number of hydrogen-bond acceptors (Lipinski definition) is 3. The van der Waals surface area contributed by atoms with Crippen LogP contribution in [0.1, 0.15) is 39.5 Å². The molecule has 2 unspecified atom stereocenters. The van der Waals surface area contributed by atoms with Gasteiger partial charge in [-0.1, -0.05) is 20.3 Å². The highest BCUT2D eigenvalue weighted by atomic mass is 16.5. The molecule has 0 spiro atoms. The van der Waals surface area contributed by atoms with Crippen molar-refractivity contribution in [3.8, 4) is 0 Å². The van der Waals surface area contributed by atoms with E-state index in [0.29, 0.717) is 0 Å². The summed E-state index contributed by atoms with van der Waals surface area (Å²) >= 11 is 0. The molecule has 1 saturated heterocycles. The third kappa shape index (κ3) is 3.19. The maximum Gasteiger partial charge on any atom is 0.241 e. The maximum absolute atomic E-state index is 12.1. The smallest absolute Gasteiger partial charge is 0.241 e. The van der Waals surface area contributed by atoms with Crippen LogP contribution in [0.2, 0.25) is 0 Å². The zero-order valence-electron chi connectivity index (χ0n) is 10.7. The van der Waals surface area contributed by atoms with Crippen molar-refractivity contribution in [3.05, 3.63) is 0 Å². The second-order valence-electron chi connectivity index (χ2n) is 4.31. The van der Waals surface area contributed by atoms with Gasteiger partial charge in [-0.3, -0.25) is 10.1 Å². The van der Waals surface area contributed by atoms with Gasteiger partial charge < -0.3 is 9.64 Å². The fraction of sp³-hybridized carbons (Fsp3) is 0.917. The van der Waals surface area contributed by atoms with Gasteiger partial charge >= 0.3 is 0 Å². The number of methoxy groups -OCH3 is 1. The summed E-state index contributed by atoms with van der Waals surface area (Å²) in [7, 11) is 1.70. The normalized spacial score (nSPS) is 25.4. The molecule has 16 heavy (non-hydrogen) atoms. The monoisotopic (exact) mass is 228 g/mol. The Morgan fingerprint density at radius 1 is 1.44 bits per heavy atom. The molecule has 1 heterocycles. The van der Waals surface area contributed by atoms with Crippen LogP contribution in [-0.4, -0.2) is 43.3 Å². The fourth-order valence-electron chi connectivity index (χ4n) is 2.23. The van der Waals surface area contributed by atoms with Crippen molar-refractivity contribution >= 4 is 5.91 Å². The van der Waals surface area contributed by atoms with Crippen LogP contribution in [0, 0.1) is 0 Å². The van der Waals surface area contributed by atoms with E-state index in [1.807, 2.05) is 4.90 Å². The van der Waals surface area contributed by atoms with E-state index in [9.17, 15) is 4.79 Å². The summed E-state index contributed by atoms with van der Waals surface area (Å²) < 4.78 is 5.02. The quantitative estimate of drug-likeness (QED) is 0.669. The zero-order chi connectivity index (χ0) is 12.0. The predicted octanol–water partition coefficient (Wildman–Crippen LogP) is 1.36. The van der Waals surface area contributed by atoms with Gasteiger partial charge in [0.05, 0.1) is 12.2 Å². The molecular formula is C12H24N2O2. The van der Waals surface area contributed by atoms with Crippen LogP contribution in [0.5, 0.6) is 0 Å². The Morgan fingerprint density at radius 2 is 2.19 bits per heavy atom. The van der Waals surface area contributed by atoms with Crippen LogP contribution in [-0.2, 0) is 9.53 Å². The van der Waals surface area contributed by atoms with E-state index < -0.39 is 0 Å². The molecule has 1 aliphatic heterocycles. The van der Waals surface area contributed by atoms with Crippen molar-refractivity contribution in [2.45, 2.75) is 51.7 Å². The summed E-state index contributed by atoms with van der Waals surface area (Å²) in [6, 6.07) is 0.0393. The number of amides is 1. The average molecular weight is 228 g/mol. The van der Waals surface area contributed by atoms with Crippen molar-refractivity contribution in [1.82, 2.24) is 10.2 Å². The van der Waals surface area contributed by atoms with Crippen LogP contribution in [0.15, 0.2) is 0 Å². The number of carbonyl (C=O) groups is 1. The largest absolute Gasteiger partial charge is 0.385 e. The molecule has 0 radical (unpaired) electrons. The molecule has 0 aromatic heterocycles. The molecule has 0 aliphatic carbocycles. The molecule has 0 aromatic carbocycles. The number of carbonyl (C=O) groups excluding carboxylic acids is 1. The minimum Gasteiger partial charge on any atom is -0.385 e. The Hall–Kier alpha value is -0.610. The molecule has 1 N–H and O–H groups in total. The van der Waals surface area contributed by atoms with Gasteiger partial charge in [0.25, 0.3) is 0 Å². The highest BCUT2D eigenvalue weighted by molar-refractivity contribution is 5.84. The summed E-state index contributed by atoms with van der Waals surface area (Å²) in [5.74, 6) is 0.268. The van der Waals surface area contributed by atoms with E-state index >= 15 is 0 Å². The van der Waals surface area contributed by atoms with Crippen molar-refractivity contribution in [3.63, 3.8) is 0 Å². The number of nitrogens with zero attached hydrogens (tertiary/aromatic N) is 1. The van der Waals surface area contributed by atoms with Gasteiger partial charge in [0.1, 0.15) is 0 Å². The molecule has 0 aromatic rings. The van der Waals surface area contributed by atoms with Gasteiger partial charge in [-0.2, -0.15) is 0 Å². The molecule has 0 bridgehead atoms. The Labute approximate surface area is 98.3 Å². The van der Waals surface area contributed by atoms with Gasteiger partial charge in [0.2, 0.25) is 5.91 Å². The summed E-state index contributed by atoms with van der Waals surface area (Å²) in [4.78, 5) is 14.1. The highest BCUT2D eigenvalue weighted by Crippen LogP contribution is 2.16. The second kappa shape index (κ2) is 6.86. The molecule has 94 valence electrons. The van der Waals surface area contributed by atoms with Gasteiger partial charge in [-0.25, -0.2) is 0 Å². The summed E-state index contributed by atoms with van der Waals surface area (Å²) in [6.07, 6.45) is 4.10. The molecule has 2 atom stereocenters. The standard InChI is InChI=1S/C12H24N2O2/c1-4-7-10-12(15)14(8-6-9-16-3)11(5-2)13-10/h10-11,13H,4-9H2,1-3H3. The number of hydrogen-bond donors (Lipinski definition) is 1. The first-order valence-electron chi connectivity index (χ1n) is 6.30. The van der Waals surface area contributed by atoms with E-state index in [2.05, 4.69) is 19.2 Å². The van der Waals surface area contributed by atoms with E-state index in [1.54, 1.807) is 7.11 Å². The molecule has 4 nitrogen and oxygen atoms in total. The highest BCUT2D eigenvalue weighted by Gasteiger charge is 2.36. The third-order valence-electron chi connectivity index (χ3n) is 3.06. The van der Waals surface area contributed by atoms with Gasteiger partial charge in [-0.05, 0) is 19.3 Å². The molecular weight excluding hydrogens is 204 g/mol. The minimum absolute atomic E-state index is 0.0393. The van der Waals surface area contributed by atoms with Crippen LogP contribution >= 0.6 is 0 Å². The summed E-state index contributed by atoms with van der Waals surface area (Å²) in [6.45, 7) is 5.75. The fourth-order valence-corrected chi connectivity index (χ4v) is 2.23. The second-order valence-corrected chi connectivity index (χ2v) is 4.31. The molecule has 1 aliphatic rings. The topological polar surface area (TPSA) is 41.6 Å². The van der Waals surface area contributed by atoms with Crippen molar-refractivity contribution < 1.29 is 9.53 Å². The van der Waals surface area contributed by atoms with Crippen LogP contribution in [0.4, 0.5) is 0 Å². The lowest BCUT2D eigenvalue weighted by Gasteiger charge is -2.22. The summed E-state index contributed by atoms with van der Waals surface area (Å²) in [5, 5.41) is 3.40. The van der Waals surface area contributed by atoms with Crippen LogP contribution in [0.25, 0.3) is 0 Å². The van der Waals surface area contributed by atoms with Gasteiger partial charge in [-0.15, -0.1) is 0 Å². The maximum atomic E-state index is 12.1. The number of ether oxygens (including phenoxy) is 1. The average Bonchev–Trinajstić information content (AvgIpc) is 2.58. The lowest BCUT2D eigenvalue weighted by Crippen LogP contribution is -2.37. The van der Waals surface area contributed by atoms with E-state index in [0.717, 1.165) is 38.8 Å². The predicted molar refractivity (Wildman–Crippen MR) is 64.1 cm³/mol. The Balaban J connectivity index is 2.48. The third-order valence-corrected chi connectivity index (χ3v) is 3.06. The van der Waals surface area contributed by atoms with Crippen molar-refractivity contribution in [2.24, 2.45) is 0 Å². The minimum atomic E-state index is 0.0393. The van der Waals surface area contributed by atoms with E-state index in [4.69, 9.17) is 4.74 Å². The zero-order valence-corrected chi connectivity index (χ0v) is 10.7. The molecule has 1 fully saturated rings. The number of nitrogens with one attached hydrogen (secondary N) is 1. The lowest BCUT2D eigenvalue weighted by atomic mass is 10.2. The van der Waals surface area contributed by atoms with Gasteiger partial charge in [0, 0.05) is 20.3 Å². The SMILES string of the molecule is CCCC1NC(CC)N(CCCOC)C1=O. The first kappa shape index (κ1) is 13.5. The first-order valence-corrected chi connectivity index (χ1v) is 6.30.